The Labute approximate surface area is 195 Å². The molecule has 8 nitrogen and oxygen atoms in total. The van der Waals surface area contributed by atoms with Gasteiger partial charge in [-0.25, -0.2) is 13.9 Å². The van der Waals surface area contributed by atoms with Crippen LogP contribution in [0, 0.1) is 5.82 Å². The maximum atomic E-state index is 14.1. The number of fused-ring (bicyclic) bond motifs is 3. The highest BCUT2D eigenvalue weighted by molar-refractivity contribution is 6.30. The molecular formula is C23H25ClFN5O3. The Morgan fingerprint density at radius 2 is 2.21 bits per heavy atom. The number of β-amino-alcohol motifs (C(OH)–C–C–N with tert-alkyl or cyclic N) is 1. The third-order valence-corrected chi connectivity index (χ3v) is 6.65. The van der Waals surface area contributed by atoms with Crippen molar-refractivity contribution in [2.75, 3.05) is 13.6 Å². The summed E-state index contributed by atoms with van der Waals surface area (Å²) in [5.74, 6) is -0.519. The number of rotatable bonds is 5. The minimum Gasteiger partial charge on any atom is -0.488 e. The molecule has 0 spiro atoms. The molecule has 2 aliphatic heterocycles. The molecule has 3 atom stereocenters. The minimum absolute atomic E-state index is 0.0151. The molecule has 2 aliphatic rings. The molecule has 10 heteroatoms. The Balaban J connectivity index is 1.39. The van der Waals surface area contributed by atoms with Crippen LogP contribution in [0.15, 0.2) is 30.6 Å². The molecule has 0 bridgehead atoms. The van der Waals surface area contributed by atoms with Gasteiger partial charge < -0.3 is 14.7 Å². The number of likely N-dealkylation sites (N-methyl/N-ethyl adjacent to an activating group) is 1. The number of hydrogen-bond donors (Lipinski definition) is 1. The summed E-state index contributed by atoms with van der Waals surface area (Å²) in [7, 11) is 1.93. The molecule has 0 aliphatic carbocycles. The fraction of sp³-hybridized carbons (Fsp3) is 0.435. The number of nitrogens with zero attached hydrogens (tertiary/aromatic N) is 5. The van der Waals surface area contributed by atoms with Crippen molar-refractivity contribution in [1.82, 2.24) is 24.4 Å². The second-order valence-corrected chi connectivity index (χ2v) is 9.16. The highest BCUT2D eigenvalue weighted by atomic mass is 35.5. The van der Waals surface area contributed by atoms with E-state index in [1.54, 1.807) is 21.8 Å². The lowest BCUT2D eigenvalue weighted by atomic mass is 10.0. The number of amides is 1. The van der Waals surface area contributed by atoms with Crippen LogP contribution in [0.5, 0.6) is 5.75 Å². The van der Waals surface area contributed by atoms with Crippen LogP contribution in [-0.4, -0.2) is 67.3 Å². The summed E-state index contributed by atoms with van der Waals surface area (Å²) in [5, 5.41) is 15.0. The zero-order valence-electron chi connectivity index (χ0n) is 18.4. The Morgan fingerprint density at radius 3 is 2.94 bits per heavy atom. The molecule has 4 heterocycles. The van der Waals surface area contributed by atoms with Gasteiger partial charge in [0.05, 0.1) is 41.7 Å². The number of halogens is 2. The summed E-state index contributed by atoms with van der Waals surface area (Å²) >= 11 is 6.00. The van der Waals surface area contributed by atoms with Gasteiger partial charge in [0.2, 0.25) is 0 Å². The van der Waals surface area contributed by atoms with Crippen molar-refractivity contribution in [1.29, 1.82) is 0 Å². The van der Waals surface area contributed by atoms with Gasteiger partial charge in [0.25, 0.3) is 5.91 Å². The zero-order valence-corrected chi connectivity index (χ0v) is 19.2. The van der Waals surface area contributed by atoms with Crippen LogP contribution in [0.3, 0.4) is 0 Å². The zero-order chi connectivity index (χ0) is 23.3. The molecule has 1 N–H and O–H groups in total. The van der Waals surface area contributed by atoms with Gasteiger partial charge in [-0.2, -0.15) is 5.10 Å². The molecule has 0 saturated carbocycles. The van der Waals surface area contributed by atoms with Gasteiger partial charge in [-0.3, -0.25) is 9.69 Å². The van der Waals surface area contributed by atoms with Gasteiger partial charge in [-0.15, -0.1) is 0 Å². The SMILES string of the molecule is CCC(Oc1cc(F)ccc1C(=O)N1Cc2nn3cc(Cl)cnc3c2C1)C1C[C@H](O)CN1C. The van der Waals surface area contributed by atoms with Crippen molar-refractivity contribution in [3.05, 3.63) is 58.3 Å². The fourth-order valence-corrected chi connectivity index (χ4v) is 4.98. The number of ether oxygens (including phenoxy) is 1. The fourth-order valence-electron chi connectivity index (χ4n) is 4.84. The maximum Gasteiger partial charge on any atom is 0.258 e. The van der Waals surface area contributed by atoms with Crippen molar-refractivity contribution in [2.24, 2.45) is 0 Å². The van der Waals surface area contributed by atoms with E-state index in [0.717, 1.165) is 11.3 Å². The summed E-state index contributed by atoms with van der Waals surface area (Å²) in [6.45, 7) is 3.21. The van der Waals surface area contributed by atoms with E-state index in [4.69, 9.17) is 16.3 Å². The normalized spacial score (nSPS) is 21.5. The monoisotopic (exact) mass is 473 g/mol. The van der Waals surface area contributed by atoms with Crippen molar-refractivity contribution in [3.8, 4) is 5.75 Å². The lowest BCUT2D eigenvalue weighted by Crippen LogP contribution is -2.40. The molecule has 1 fully saturated rings. The number of hydrogen-bond acceptors (Lipinski definition) is 6. The third-order valence-electron chi connectivity index (χ3n) is 6.46. The number of aliphatic hydroxyl groups is 1. The summed E-state index contributed by atoms with van der Waals surface area (Å²) in [5.41, 5.74) is 2.59. The first-order chi connectivity index (χ1) is 15.8. The number of aliphatic hydroxyl groups excluding tert-OH is 1. The summed E-state index contributed by atoms with van der Waals surface area (Å²) in [6, 6.07) is 3.98. The summed E-state index contributed by atoms with van der Waals surface area (Å²) in [4.78, 5) is 21.5. The molecule has 33 heavy (non-hydrogen) atoms. The number of benzene rings is 1. The van der Waals surface area contributed by atoms with Crippen molar-refractivity contribution < 1.29 is 19.0 Å². The second kappa shape index (κ2) is 8.55. The molecule has 1 aromatic carbocycles. The average Bonchev–Trinajstić information content (AvgIpc) is 3.43. The number of carbonyl (C=O) groups is 1. The molecule has 1 amide bonds. The Hall–Kier alpha value is -2.75. The molecule has 5 rings (SSSR count). The highest BCUT2D eigenvalue weighted by Gasteiger charge is 2.36. The molecule has 1 saturated heterocycles. The van der Waals surface area contributed by atoms with Crippen LogP contribution < -0.4 is 4.74 Å². The van der Waals surface area contributed by atoms with Crippen molar-refractivity contribution in [3.63, 3.8) is 0 Å². The van der Waals surface area contributed by atoms with Crippen LogP contribution in [0.25, 0.3) is 5.65 Å². The van der Waals surface area contributed by atoms with Crippen LogP contribution in [0.1, 0.15) is 41.4 Å². The lowest BCUT2D eigenvalue weighted by molar-refractivity contribution is 0.0725. The quantitative estimate of drug-likeness (QED) is 0.613. The van der Waals surface area contributed by atoms with Gasteiger partial charge in [0.1, 0.15) is 17.7 Å². The van der Waals surface area contributed by atoms with Gasteiger partial charge in [-0.1, -0.05) is 18.5 Å². The molecule has 2 aromatic heterocycles. The smallest absolute Gasteiger partial charge is 0.258 e. The van der Waals surface area contributed by atoms with Gasteiger partial charge in [-0.05, 0) is 32.0 Å². The molecular weight excluding hydrogens is 449 g/mol. The summed E-state index contributed by atoms with van der Waals surface area (Å²) < 4.78 is 22.0. The Kier molecular flexibility index (Phi) is 5.72. The predicted molar refractivity (Wildman–Crippen MR) is 120 cm³/mol. The van der Waals surface area contributed by atoms with Crippen molar-refractivity contribution >= 4 is 23.2 Å². The van der Waals surface area contributed by atoms with Crippen LogP contribution in [-0.2, 0) is 13.1 Å². The van der Waals surface area contributed by atoms with E-state index in [1.807, 2.05) is 18.9 Å². The first-order valence-corrected chi connectivity index (χ1v) is 11.4. The summed E-state index contributed by atoms with van der Waals surface area (Å²) in [6.07, 6.45) is 3.77. The van der Waals surface area contributed by atoms with E-state index in [2.05, 4.69) is 10.1 Å². The van der Waals surface area contributed by atoms with Crippen molar-refractivity contribution in [2.45, 2.75) is 51.1 Å². The van der Waals surface area contributed by atoms with E-state index in [1.165, 1.54) is 18.2 Å². The lowest BCUT2D eigenvalue weighted by Gasteiger charge is -2.29. The molecule has 174 valence electrons. The second-order valence-electron chi connectivity index (χ2n) is 8.73. The number of carbonyl (C=O) groups excluding carboxylic acids is 1. The number of aromatic nitrogens is 3. The first kappa shape index (κ1) is 22.1. The van der Waals surface area contributed by atoms with E-state index in [9.17, 15) is 14.3 Å². The largest absolute Gasteiger partial charge is 0.488 e. The van der Waals surface area contributed by atoms with Gasteiger partial charge in [0.15, 0.2) is 5.65 Å². The predicted octanol–water partition coefficient (Wildman–Crippen LogP) is 2.90. The Bertz CT molecular complexity index is 1220. The van der Waals surface area contributed by atoms with E-state index < -0.39 is 11.9 Å². The number of likely N-dealkylation sites (tertiary alicyclic amines) is 1. The Morgan fingerprint density at radius 1 is 1.39 bits per heavy atom. The van der Waals surface area contributed by atoms with E-state index in [0.29, 0.717) is 48.7 Å². The standard InChI is InChI=1S/C23H25ClFN5O3/c1-3-20(19-7-15(31)10-28(19)2)33-21-6-14(25)4-5-16(21)23(32)29-11-17-18(12-29)27-30-9-13(24)8-26-22(17)30/h4-6,8-9,15,19-20,31H,3,7,10-12H2,1-2H3/t15-,19?,20?/m0/s1. The van der Waals surface area contributed by atoms with Crippen LogP contribution in [0.4, 0.5) is 4.39 Å². The highest BCUT2D eigenvalue weighted by Crippen LogP contribution is 2.32. The topological polar surface area (TPSA) is 83.2 Å². The van der Waals surface area contributed by atoms with E-state index >= 15 is 0 Å². The minimum atomic E-state index is -0.473. The van der Waals surface area contributed by atoms with Crippen LogP contribution >= 0.6 is 11.6 Å². The third kappa shape index (κ3) is 4.05. The molecule has 0 radical (unpaired) electrons. The van der Waals surface area contributed by atoms with Gasteiger partial charge in [0, 0.05) is 30.4 Å². The average molecular weight is 474 g/mol. The maximum absolute atomic E-state index is 14.1. The first-order valence-electron chi connectivity index (χ1n) is 11.0. The van der Waals surface area contributed by atoms with Crippen LogP contribution in [0.2, 0.25) is 5.02 Å². The molecule has 2 unspecified atom stereocenters. The van der Waals surface area contributed by atoms with Gasteiger partial charge >= 0.3 is 0 Å². The van der Waals surface area contributed by atoms with E-state index in [-0.39, 0.29) is 23.8 Å². The molecule has 3 aromatic rings.